The maximum atomic E-state index is 13.3. The minimum Gasteiger partial charge on any atom is -0.380 e. The number of rotatable bonds is 9. The molecule has 48 heavy (non-hydrogen) atoms. The third kappa shape index (κ3) is 6.98. The van der Waals surface area contributed by atoms with E-state index in [2.05, 4.69) is 36.6 Å². The van der Waals surface area contributed by atoms with Crippen LogP contribution in [0.5, 0.6) is 0 Å². The second kappa shape index (κ2) is 13.7. The highest BCUT2D eigenvalue weighted by Crippen LogP contribution is 2.32. The van der Waals surface area contributed by atoms with E-state index in [-0.39, 0.29) is 41.4 Å². The maximum Gasteiger partial charge on any atom is 0.323 e. The van der Waals surface area contributed by atoms with Gasteiger partial charge in [-0.2, -0.15) is 0 Å². The molecule has 2 aromatic carbocycles. The predicted octanol–water partition coefficient (Wildman–Crippen LogP) is 3.72. The molecule has 7 amide bonds. The van der Waals surface area contributed by atoms with Crippen LogP contribution in [0.25, 0.3) is 0 Å². The van der Waals surface area contributed by atoms with E-state index in [1.807, 2.05) is 24.3 Å². The van der Waals surface area contributed by atoms with Gasteiger partial charge in [-0.15, -0.1) is 0 Å². The Morgan fingerprint density at radius 2 is 1.54 bits per heavy atom. The van der Waals surface area contributed by atoms with Gasteiger partial charge in [0.05, 0.1) is 11.1 Å². The van der Waals surface area contributed by atoms with Crippen LogP contribution in [0.2, 0.25) is 5.15 Å². The van der Waals surface area contributed by atoms with E-state index in [0.717, 1.165) is 16.0 Å². The molecular weight excluding hydrogens is 640 g/mol. The van der Waals surface area contributed by atoms with Crippen LogP contribution in [0.1, 0.15) is 55.2 Å². The normalized spacial score (nSPS) is 15.4. The summed E-state index contributed by atoms with van der Waals surface area (Å²) in [6, 6.07) is 16.8. The summed E-state index contributed by atoms with van der Waals surface area (Å²) >= 11 is 5.84. The number of nitrogens with zero attached hydrogens (tertiary/aromatic N) is 3. The Bertz CT molecular complexity index is 1970. The number of amides is 7. The molecule has 15 heteroatoms. The molecule has 1 saturated heterocycles. The van der Waals surface area contributed by atoms with Gasteiger partial charge in [0.2, 0.25) is 11.8 Å². The van der Waals surface area contributed by atoms with Gasteiger partial charge >= 0.3 is 6.03 Å². The average Bonchev–Trinajstić information content (AvgIpc) is 3.32. The molecule has 0 spiro atoms. The molecule has 242 valence electrons. The largest absolute Gasteiger partial charge is 0.380 e. The summed E-state index contributed by atoms with van der Waals surface area (Å²) in [5, 5.41) is 13.7. The smallest absolute Gasteiger partial charge is 0.323 e. The highest BCUT2D eigenvalue weighted by molar-refractivity contribution is 6.29. The minimum atomic E-state index is -1.04. The second-order valence-corrected chi connectivity index (χ2v) is 11.3. The van der Waals surface area contributed by atoms with Crippen molar-refractivity contribution in [3.63, 3.8) is 0 Å². The summed E-state index contributed by atoms with van der Waals surface area (Å²) in [5.74, 6) is -2.70. The van der Waals surface area contributed by atoms with E-state index in [1.165, 1.54) is 30.6 Å². The van der Waals surface area contributed by atoms with E-state index in [4.69, 9.17) is 11.6 Å². The zero-order chi connectivity index (χ0) is 33.8. The van der Waals surface area contributed by atoms with Crippen LogP contribution in [-0.4, -0.2) is 56.5 Å². The van der Waals surface area contributed by atoms with Gasteiger partial charge in [-0.1, -0.05) is 41.9 Å². The Hall–Kier alpha value is -6.15. The fraction of sp³-hybridized carbons (Fsp3) is 0.152. The summed E-state index contributed by atoms with van der Waals surface area (Å²) in [7, 11) is 0. The van der Waals surface area contributed by atoms with Gasteiger partial charge in [0.1, 0.15) is 16.9 Å². The first-order valence-electron chi connectivity index (χ1n) is 14.8. The molecule has 0 bridgehead atoms. The topological polar surface area (TPSA) is 192 Å². The monoisotopic (exact) mass is 666 g/mol. The zero-order valence-corrected chi connectivity index (χ0v) is 25.8. The van der Waals surface area contributed by atoms with E-state index in [9.17, 15) is 28.8 Å². The third-order valence-corrected chi connectivity index (χ3v) is 7.87. The lowest BCUT2D eigenvalue weighted by Crippen LogP contribution is -2.54. The molecule has 4 aromatic rings. The number of anilines is 3. The molecule has 14 nitrogen and oxygen atoms in total. The number of halogens is 1. The number of aromatic nitrogens is 2. The molecular formula is C33H27ClN8O6. The van der Waals surface area contributed by atoms with Gasteiger partial charge < -0.3 is 21.3 Å². The molecule has 0 radical (unpaired) electrons. The minimum absolute atomic E-state index is 0.0426. The summed E-state index contributed by atoms with van der Waals surface area (Å²) in [6.07, 6.45) is 2.99. The molecule has 2 aliphatic heterocycles. The van der Waals surface area contributed by atoms with Crippen molar-refractivity contribution >= 4 is 64.2 Å². The standard InChI is InChI=1S/C33H27ClN8O6/c34-26-15-21(11-13-36-26)40-33(48)39-20-10-12-35-24(14-20)29(44)38-17-19-6-4-18(5-7-19)16-37-23-3-1-2-22-28(23)32(47)42(31(22)46)25-8-9-27(43)41-30(25)45/h1-7,10-15,25,37H,8-9,16-17H2,(H,38,44)(H,41,43,45)(H2,35,36,39,40,48). The SMILES string of the molecule is O=C1CCC(N2C(=O)c3cccc(NCc4ccc(CNC(=O)c5cc(NC(=O)Nc6ccnc(Cl)c6)ccn5)cc4)c3C2=O)C(=O)N1. The van der Waals surface area contributed by atoms with Gasteiger partial charge in [-0.3, -0.25) is 39.2 Å². The van der Waals surface area contributed by atoms with Crippen molar-refractivity contribution in [2.45, 2.75) is 32.0 Å². The fourth-order valence-corrected chi connectivity index (χ4v) is 5.49. The number of imide groups is 2. The second-order valence-electron chi connectivity index (χ2n) is 10.9. The van der Waals surface area contributed by atoms with Crippen LogP contribution >= 0.6 is 11.6 Å². The van der Waals surface area contributed by atoms with Crippen LogP contribution in [-0.2, 0) is 22.7 Å². The lowest BCUT2D eigenvalue weighted by molar-refractivity contribution is -0.136. The summed E-state index contributed by atoms with van der Waals surface area (Å²) < 4.78 is 0. The van der Waals surface area contributed by atoms with Gasteiger partial charge in [-0.05, 0) is 53.9 Å². The summed E-state index contributed by atoms with van der Waals surface area (Å²) in [5.41, 5.74) is 3.43. The van der Waals surface area contributed by atoms with Crippen molar-refractivity contribution in [1.29, 1.82) is 0 Å². The van der Waals surface area contributed by atoms with Crippen LogP contribution < -0.4 is 26.6 Å². The van der Waals surface area contributed by atoms with E-state index in [1.54, 1.807) is 24.3 Å². The van der Waals surface area contributed by atoms with Crippen molar-refractivity contribution in [1.82, 2.24) is 25.5 Å². The van der Waals surface area contributed by atoms with Crippen molar-refractivity contribution in [3.05, 3.63) is 112 Å². The van der Waals surface area contributed by atoms with Crippen LogP contribution in [0.4, 0.5) is 21.9 Å². The number of urea groups is 1. The highest BCUT2D eigenvalue weighted by atomic mass is 35.5. The maximum absolute atomic E-state index is 13.3. The van der Waals surface area contributed by atoms with Gasteiger partial charge in [0.25, 0.3) is 17.7 Å². The molecule has 5 N–H and O–H groups in total. The quantitative estimate of drug-likeness (QED) is 0.131. The Morgan fingerprint density at radius 3 is 2.25 bits per heavy atom. The Kier molecular flexibility index (Phi) is 9.07. The summed E-state index contributed by atoms with van der Waals surface area (Å²) in [4.78, 5) is 84.4. The first-order chi connectivity index (χ1) is 23.2. The number of hydrogen-bond donors (Lipinski definition) is 5. The summed E-state index contributed by atoms with van der Waals surface area (Å²) in [6.45, 7) is 0.544. The number of hydrogen-bond acceptors (Lipinski definition) is 9. The number of nitrogens with one attached hydrogen (secondary N) is 5. The molecule has 1 unspecified atom stereocenters. The predicted molar refractivity (Wildman–Crippen MR) is 174 cm³/mol. The van der Waals surface area contributed by atoms with Gasteiger partial charge in [-0.25, -0.2) is 9.78 Å². The number of benzene rings is 2. The van der Waals surface area contributed by atoms with E-state index < -0.39 is 41.6 Å². The number of fused-ring (bicyclic) bond motifs is 1. The molecule has 6 rings (SSSR count). The molecule has 4 heterocycles. The van der Waals surface area contributed by atoms with E-state index in [0.29, 0.717) is 23.6 Å². The van der Waals surface area contributed by atoms with Crippen LogP contribution in [0.15, 0.2) is 79.1 Å². The van der Waals surface area contributed by atoms with Crippen LogP contribution in [0, 0.1) is 0 Å². The Morgan fingerprint density at radius 1 is 0.854 bits per heavy atom. The van der Waals surface area contributed by atoms with Crippen LogP contribution in [0.3, 0.4) is 0 Å². The average molecular weight is 667 g/mol. The number of pyridine rings is 2. The Balaban J connectivity index is 1.02. The Labute approximate surface area is 278 Å². The highest BCUT2D eigenvalue weighted by Gasteiger charge is 2.45. The molecule has 1 fully saturated rings. The van der Waals surface area contributed by atoms with Gasteiger partial charge in [0, 0.05) is 49.0 Å². The first kappa shape index (κ1) is 31.8. The molecule has 0 saturated carbocycles. The van der Waals surface area contributed by atoms with Crippen molar-refractivity contribution < 1.29 is 28.8 Å². The molecule has 2 aliphatic rings. The zero-order valence-electron chi connectivity index (χ0n) is 25.1. The number of piperidine rings is 1. The van der Waals surface area contributed by atoms with Crippen molar-refractivity contribution in [2.24, 2.45) is 0 Å². The number of carbonyl (C=O) groups excluding carboxylic acids is 6. The molecule has 2 aromatic heterocycles. The van der Waals surface area contributed by atoms with Crippen molar-refractivity contribution in [2.75, 3.05) is 16.0 Å². The fourth-order valence-electron chi connectivity index (χ4n) is 5.31. The van der Waals surface area contributed by atoms with Crippen molar-refractivity contribution in [3.8, 4) is 0 Å². The van der Waals surface area contributed by atoms with E-state index >= 15 is 0 Å². The van der Waals surface area contributed by atoms with Gasteiger partial charge in [0.15, 0.2) is 0 Å². The molecule has 1 atom stereocenters. The lowest BCUT2D eigenvalue weighted by atomic mass is 10.0. The lowest BCUT2D eigenvalue weighted by Gasteiger charge is -2.27. The number of carbonyl (C=O) groups is 6. The third-order valence-electron chi connectivity index (χ3n) is 7.66. The first-order valence-corrected chi connectivity index (χ1v) is 15.1. The molecule has 0 aliphatic carbocycles.